The van der Waals surface area contributed by atoms with Crippen LogP contribution < -0.4 is 9.64 Å². The van der Waals surface area contributed by atoms with Crippen LogP contribution in [0.25, 0.3) is 0 Å². The van der Waals surface area contributed by atoms with Crippen LogP contribution in [-0.4, -0.2) is 48.0 Å². The van der Waals surface area contributed by atoms with Gasteiger partial charge in [0.05, 0.1) is 18.7 Å². The van der Waals surface area contributed by atoms with Crippen molar-refractivity contribution in [1.82, 2.24) is 4.90 Å². The van der Waals surface area contributed by atoms with Gasteiger partial charge in [0.2, 0.25) is 12.3 Å². The van der Waals surface area contributed by atoms with E-state index in [1.807, 2.05) is 0 Å². The second-order valence-corrected chi connectivity index (χ2v) is 7.68. The highest BCUT2D eigenvalue weighted by Crippen LogP contribution is 2.30. The number of benzene rings is 2. The number of alkyl halides is 3. The molecule has 1 N–H and O–H groups in total. The molecule has 2 amide bonds. The summed E-state index contributed by atoms with van der Waals surface area (Å²) in [6.07, 6.45) is -5.10. The van der Waals surface area contributed by atoms with Crippen molar-refractivity contribution in [2.75, 3.05) is 18.5 Å². The molecule has 0 aromatic heterocycles. The van der Waals surface area contributed by atoms with Gasteiger partial charge in [-0.2, -0.15) is 13.2 Å². The monoisotopic (exact) mass is 466 g/mol. The fraction of sp³-hybridized carbons (Fsp3) is 0.348. The molecule has 2 aromatic rings. The van der Waals surface area contributed by atoms with Crippen LogP contribution in [0.5, 0.6) is 5.75 Å². The number of carbonyl (C=O) groups excluding carboxylic acids is 2. The summed E-state index contributed by atoms with van der Waals surface area (Å²) in [5, 5.41) is 9.03. The van der Waals surface area contributed by atoms with E-state index in [1.54, 1.807) is 26.0 Å². The Morgan fingerprint density at radius 2 is 1.67 bits per heavy atom. The summed E-state index contributed by atoms with van der Waals surface area (Å²) < 4.78 is 43.6. The first kappa shape index (κ1) is 25.7. The van der Waals surface area contributed by atoms with E-state index in [-0.39, 0.29) is 13.1 Å². The van der Waals surface area contributed by atoms with E-state index < -0.39 is 29.7 Å². The Balaban J connectivity index is 2.10. The van der Waals surface area contributed by atoms with Gasteiger partial charge in [0.15, 0.2) is 6.10 Å². The highest BCUT2D eigenvalue weighted by molar-refractivity contribution is 5.89. The molecule has 0 heterocycles. The van der Waals surface area contributed by atoms with E-state index in [4.69, 9.17) is 9.84 Å². The summed E-state index contributed by atoms with van der Waals surface area (Å²) in [4.78, 5) is 37.6. The summed E-state index contributed by atoms with van der Waals surface area (Å²) in [5.74, 6) is -1.23. The van der Waals surface area contributed by atoms with E-state index in [0.29, 0.717) is 34.5 Å². The molecule has 0 saturated carbocycles. The molecule has 2 aromatic carbocycles. The zero-order valence-corrected chi connectivity index (χ0v) is 18.6. The smallest absolute Gasteiger partial charge is 0.416 e. The lowest BCUT2D eigenvalue weighted by molar-refractivity contribution is -0.144. The Hall–Kier alpha value is -3.56. The first-order valence-electron chi connectivity index (χ1n) is 9.96. The number of rotatable bonds is 9. The molecular formula is C23H25F3N2O5. The number of aliphatic carboxylic acids is 1. The standard InChI is InChI=1S/C23H25F3N2O5/c1-14-9-17(10-15(2)21(14)33-16(3)22(31)32)11-28(13-29)20(30)12-27(4)19-7-5-18(6-8-19)23(24,25)26/h5-10,13,16H,11-12H2,1-4H3,(H,31,32). The number of nitrogens with zero attached hydrogens (tertiary/aromatic N) is 2. The van der Waals surface area contributed by atoms with Gasteiger partial charge in [0.1, 0.15) is 5.75 Å². The number of carboxylic acids is 1. The number of halogens is 3. The summed E-state index contributed by atoms with van der Waals surface area (Å²) in [6, 6.07) is 7.75. The van der Waals surface area contributed by atoms with Crippen LogP contribution in [0.4, 0.5) is 18.9 Å². The molecule has 0 aliphatic heterocycles. The highest BCUT2D eigenvalue weighted by Gasteiger charge is 2.30. The van der Waals surface area contributed by atoms with Gasteiger partial charge in [-0.1, -0.05) is 12.1 Å². The van der Waals surface area contributed by atoms with Gasteiger partial charge in [-0.05, 0) is 61.7 Å². The van der Waals surface area contributed by atoms with Gasteiger partial charge in [-0.25, -0.2) is 4.79 Å². The quantitative estimate of drug-likeness (QED) is 0.566. The van der Waals surface area contributed by atoms with Crippen LogP contribution in [0.15, 0.2) is 36.4 Å². The lowest BCUT2D eigenvalue weighted by Gasteiger charge is -2.23. The molecule has 0 fully saturated rings. The van der Waals surface area contributed by atoms with Crippen LogP contribution in [0.2, 0.25) is 0 Å². The van der Waals surface area contributed by atoms with Gasteiger partial charge < -0.3 is 14.7 Å². The number of carbonyl (C=O) groups is 3. The van der Waals surface area contributed by atoms with Crippen LogP contribution in [-0.2, 0) is 27.1 Å². The molecule has 1 unspecified atom stereocenters. The van der Waals surface area contributed by atoms with E-state index in [1.165, 1.54) is 31.0 Å². The Bertz CT molecular complexity index is 999. The van der Waals surface area contributed by atoms with Crippen molar-refractivity contribution in [1.29, 1.82) is 0 Å². The number of hydrogen-bond donors (Lipinski definition) is 1. The van der Waals surface area contributed by atoms with Crippen molar-refractivity contribution in [3.63, 3.8) is 0 Å². The van der Waals surface area contributed by atoms with Gasteiger partial charge in [0.25, 0.3) is 0 Å². The molecule has 0 bridgehead atoms. The van der Waals surface area contributed by atoms with Gasteiger partial charge >= 0.3 is 12.1 Å². The molecule has 1 atom stereocenters. The number of aryl methyl sites for hydroxylation is 2. The summed E-state index contributed by atoms with van der Waals surface area (Å²) in [7, 11) is 1.54. The Morgan fingerprint density at radius 3 is 2.12 bits per heavy atom. The SMILES string of the molecule is Cc1cc(CN(C=O)C(=O)CN(C)c2ccc(C(F)(F)F)cc2)cc(C)c1OC(C)C(=O)O. The molecule has 0 spiro atoms. The van der Waals surface area contributed by atoms with Crippen molar-refractivity contribution in [2.24, 2.45) is 0 Å². The summed E-state index contributed by atoms with van der Waals surface area (Å²) in [6.45, 7) is 4.62. The molecule has 0 aliphatic rings. The van der Waals surface area contributed by atoms with Crippen LogP contribution >= 0.6 is 0 Å². The molecule has 2 rings (SSSR count). The normalized spacial score (nSPS) is 12.1. The molecule has 0 radical (unpaired) electrons. The zero-order chi connectivity index (χ0) is 24.9. The third kappa shape index (κ3) is 6.71. The van der Waals surface area contributed by atoms with E-state index in [9.17, 15) is 27.6 Å². The number of imide groups is 1. The minimum absolute atomic E-state index is 0.0281. The van der Waals surface area contributed by atoms with Crippen LogP contribution in [0.1, 0.15) is 29.2 Å². The zero-order valence-electron chi connectivity index (χ0n) is 18.6. The minimum atomic E-state index is -4.45. The maximum Gasteiger partial charge on any atom is 0.416 e. The van der Waals surface area contributed by atoms with Crippen molar-refractivity contribution in [3.8, 4) is 5.75 Å². The predicted molar refractivity (Wildman–Crippen MR) is 115 cm³/mol. The van der Waals surface area contributed by atoms with Crippen LogP contribution in [0, 0.1) is 13.8 Å². The van der Waals surface area contributed by atoms with Gasteiger partial charge in [-0.3, -0.25) is 14.5 Å². The Morgan fingerprint density at radius 1 is 1.12 bits per heavy atom. The molecule has 178 valence electrons. The molecule has 33 heavy (non-hydrogen) atoms. The summed E-state index contributed by atoms with van der Waals surface area (Å²) >= 11 is 0. The lowest BCUT2D eigenvalue weighted by atomic mass is 10.0. The van der Waals surface area contributed by atoms with E-state index >= 15 is 0 Å². The minimum Gasteiger partial charge on any atom is -0.479 e. The number of carboxylic acid groups (broad SMARTS) is 1. The largest absolute Gasteiger partial charge is 0.479 e. The molecule has 0 aliphatic carbocycles. The Kier molecular flexibility index (Phi) is 8.08. The first-order chi connectivity index (χ1) is 15.3. The maximum atomic E-state index is 12.7. The fourth-order valence-electron chi connectivity index (χ4n) is 3.22. The number of amides is 2. The predicted octanol–water partition coefficient (Wildman–Crippen LogP) is 3.80. The lowest BCUT2D eigenvalue weighted by Crippen LogP contribution is -2.38. The van der Waals surface area contributed by atoms with Gasteiger partial charge in [0, 0.05) is 12.7 Å². The van der Waals surface area contributed by atoms with E-state index in [0.717, 1.165) is 17.0 Å². The number of hydrogen-bond acceptors (Lipinski definition) is 5. The van der Waals surface area contributed by atoms with Crippen molar-refractivity contribution >= 4 is 24.0 Å². The molecule has 0 saturated heterocycles. The first-order valence-corrected chi connectivity index (χ1v) is 9.96. The van der Waals surface area contributed by atoms with Crippen molar-refractivity contribution in [2.45, 2.75) is 39.6 Å². The van der Waals surface area contributed by atoms with Gasteiger partial charge in [-0.15, -0.1) is 0 Å². The second kappa shape index (κ2) is 10.4. The fourth-order valence-corrected chi connectivity index (χ4v) is 3.22. The topological polar surface area (TPSA) is 87.2 Å². The molecule has 10 heteroatoms. The number of ether oxygens (including phenoxy) is 1. The average molecular weight is 466 g/mol. The third-order valence-corrected chi connectivity index (χ3v) is 4.97. The van der Waals surface area contributed by atoms with Crippen LogP contribution in [0.3, 0.4) is 0 Å². The van der Waals surface area contributed by atoms with Crippen molar-refractivity contribution in [3.05, 3.63) is 58.7 Å². The second-order valence-electron chi connectivity index (χ2n) is 7.68. The number of anilines is 1. The maximum absolute atomic E-state index is 12.7. The summed E-state index contributed by atoms with van der Waals surface area (Å²) in [5.41, 5.74) is 1.54. The third-order valence-electron chi connectivity index (χ3n) is 4.97. The Labute approximate surface area is 189 Å². The van der Waals surface area contributed by atoms with E-state index in [2.05, 4.69) is 0 Å². The molecular weight excluding hydrogens is 441 g/mol. The number of likely N-dealkylation sites (N-methyl/N-ethyl adjacent to an activating group) is 1. The average Bonchev–Trinajstić information content (AvgIpc) is 2.73. The highest BCUT2D eigenvalue weighted by atomic mass is 19.4. The molecule has 7 nitrogen and oxygen atoms in total. The van der Waals surface area contributed by atoms with Crippen molar-refractivity contribution < 1.29 is 37.4 Å².